The lowest BCUT2D eigenvalue weighted by molar-refractivity contribution is 0.234. The maximum atomic E-state index is 5.97. The minimum atomic E-state index is 0.170. The number of rotatable bonds is 6. The van der Waals surface area contributed by atoms with Crippen LogP contribution in [-0.4, -0.2) is 28.0 Å². The normalized spacial score (nSPS) is 13.1. The number of hydrogen-bond acceptors (Lipinski definition) is 4. The van der Waals surface area contributed by atoms with Gasteiger partial charge in [-0.15, -0.1) is 11.3 Å². The van der Waals surface area contributed by atoms with Crippen LogP contribution in [0.15, 0.2) is 24.7 Å². The van der Waals surface area contributed by atoms with Crippen LogP contribution in [0.1, 0.15) is 23.5 Å². The molecule has 0 aromatic carbocycles. The summed E-state index contributed by atoms with van der Waals surface area (Å²) in [6, 6.07) is 4.17. The van der Waals surface area contributed by atoms with Crippen LogP contribution in [0.3, 0.4) is 0 Å². The molecule has 2 heterocycles. The molecular weight excluding hydrogens is 280 g/mol. The van der Waals surface area contributed by atoms with Crippen molar-refractivity contribution in [3.8, 4) is 0 Å². The van der Waals surface area contributed by atoms with Gasteiger partial charge < -0.3 is 10.3 Å². The van der Waals surface area contributed by atoms with Gasteiger partial charge in [0.1, 0.15) is 0 Å². The van der Waals surface area contributed by atoms with E-state index < -0.39 is 0 Å². The van der Waals surface area contributed by atoms with Crippen LogP contribution >= 0.6 is 22.9 Å². The molecule has 6 heteroatoms. The number of nitrogens with two attached hydrogens (primary N) is 1. The maximum Gasteiger partial charge on any atom is 0.0948 e. The number of imidazole rings is 1. The summed E-state index contributed by atoms with van der Waals surface area (Å²) in [5, 5.41) is 0. The van der Waals surface area contributed by atoms with Crippen molar-refractivity contribution in [3.05, 3.63) is 39.6 Å². The fourth-order valence-electron chi connectivity index (χ4n) is 2.19. The van der Waals surface area contributed by atoms with E-state index in [1.807, 2.05) is 18.6 Å². The molecule has 0 aliphatic rings. The largest absolute Gasteiger partial charge is 0.333 e. The number of hydrogen-bond donors (Lipinski definition) is 1. The van der Waals surface area contributed by atoms with E-state index in [0.717, 1.165) is 23.1 Å². The van der Waals surface area contributed by atoms with E-state index >= 15 is 0 Å². The van der Waals surface area contributed by atoms with E-state index in [4.69, 9.17) is 17.3 Å². The molecule has 2 aromatic heterocycles. The van der Waals surface area contributed by atoms with Gasteiger partial charge in [0.25, 0.3) is 0 Å². The minimum Gasteiger partial charge on any atom is -0.333 e. The highest BCUT2D eigenvalue weighted by Gasteiger charge is 2.19. The maximum absolute atomic E-state index is 5.97. The van der Waals surface area contributed by atoms with Gasteiger partial charge >= 0.3 is 0 Å². The lowest BCUT2D eigenvalue weighted by Gasteiger charge is -2.27. The fourth-order valence-corrected chi connectivity index (χ4v) is 3.34. The van der Waals surface area contributed by atoms with Crippen molar-refractivity contribution < 1.29 is 0 Å². The van der Waals surface area contributed by atoms with Crippen molar-refractivity contribution in [1.82, 2.24) is 14.5 Å². The first kappa shape index (κ1) is 14.5. The van der Waals surface area contributed by atoms with Crippen LogP contribution in [0.2, 0.25) is 4.34 Å². The first-order valence-electron chi connectivity index (χ1n) is 6.30. The quantitative estimate of drug-likeness (QED) is 0.892. The summed E-state index contributed by atoms with van der Waals surface area (Å²) in [7, 11) is 2.08. The summed E-state index contributed by atoms with van der Waals surface area (Å²) in [6.45, 7) is 4.43. The molecule has 0 bridgehead atoms. The van der Waals surface area contributed by atoms with Crippen molar-refractivity contribution in [2.45, 2.75) is 26.1 Å². The predicted molar refractivity (Wildman–Crippen MR) is 80.5 cm³/mol. The Morgan fingerprint density at radius 2 is 2.32 bits per heavy atom. The lowest BCUT2D eigenvalue weighted by atomic mass is 10.2. The Kier molecular flexibility index (Phi) is 4.99. The van der Waals surface area contributed by atoms with E-state index in [-0.39, 0.29) is 6.04 Å². The Hall–Kier alpha value is -0.880. The molecule has 0 spiro atoms. The first-order valence-corrected chi connectivity index (χ1v) is 7.49. The SMILES string of the molecule is CCn1cncc1C(CN)N(C)Cc1ccc(Cl)s1. The summed E-state index contributed by atoms with van der Waals surface area (Å²) in [4.78, 5) is 7.70. The molecule has 0 amide bonds. The number of likely N-dealkylation sites (N-methyl/N-ethyl adjacent to an activating group) is 1. The molecule has 2 rings (SSSR count). The number of halogens is 1. The average Bonchev–Trinajstić information content (AvgIpc) is 2.99. The second kappa shape index (κ2) is 6.52. The molecule has 0 saturated heterocycles. The molecule has 1 atom stereocenters. The molecule has 4 nitrogen and oxygen atoms in total. The van der Waals surface area contributed by atoms with E-state index in [0.29, 0.717) is 6.54 Å². The topological polar surface area (TPSA) is 47.1 Å². The Bertz CT molecular complexity index is 522. The van der Waals surface area contributed by atoms with Crippen LogP contribution in [0.5, 0.6) is 0 Å². The third kappa shape index (κ3) is 3.36. The number of nitrogens with zero attached hydrogens (tertiary/aromatic N) is 3. The van der Waals surface area contributed by atoms with Gasteiger partial charge in [-0.05, 0) is 26.1 Å². The van der Waals surface area contributed by atoms with Crippen molar-refractivity contribution >= 4 is 22.9 Å². The van der Waals surface area contributed by atoms with Gasteiger partial charge in [-0.2, -0.15) is 0 Å². The molecule has 0 aliphatic heterocycles. The fraction of sp³-hybridized carbons (Fsp3) is 0.462. The average molecular weight is 299 g/mol. The third-order valence-corrected chi connectivity index (χ3v) is 4.43. The number of aryl methyl sites for hydroxylation is 1. The first-order chi connectivity index (χ1) is 9.15. The van der Waals surface area contributed by atoms with Crippen molar-refractivity contribution in [1.29, 1.82) is 0 Å². The Labute approximate surface area is 122 Å². The number of aromatic nitrogens is 2. The van der Waals surface area contributed by atoms with Crippen LogP contribution in [0.4, 0.5) is 0 Å². The number of thiophene rings is 1. The summed E-state index contributed by atoms with van der Waals surface area (Å²) in [5.41, 5.74) is 7.10. The van der Waals surface area contributed by atoms with E-state index in [2.05, 4.69) is 34.5 Å². The van der Waals surface area contributed by atoms with Gasteiger partial charge in [0.05, 0.1) is 22.4 Å². The highest BCUT2D eigenvalue weighted by molar-refractivity contribution is 7.16. The summed E-state index contributed by atoms with van der Waals surface area (Å²) in [6.07, 6.45) is 3.76. The van der Waals surface area contributed by atoms with Crippen LogP contribution in [0, 0.1) is 0 Å². The molecule has 1 unspecified atom stereocenters. The standard InChI is InChI=1S/C13H19ClN4S/c1-3-18-9-16-7-12(18)11(6-15)17(2)8-10-4-5-13(14)19-10/h4-5,7,9,11H,3,6,8,15H2,1-2H3. The van der Waals surface area contributed by atoms with Gasteiger partial charge in [-0.3, -0.25) is 4.90 Å². The highest BCUT2D eigenvalue weighted by Crippen LogP contribution is 2.26. The molecule has 19 heavy (non-hydrogen) atoms. The third-order valence-electron chi connectivity index (χ3n) is 3.22. The minimum absolute atomic E-state index is 0.170. The van der Waals surface area contributed by atoms with Gasteiger partial charge in [-0.25, -0.2) is 4.98 Å². The lowest BCUT2D eigenvalue weighted by Crippen LogP contribution is -2.31. The van der Waals surface area contributed by atoms with Gasteiger partial charge in [0.15, 0.2) is 0 Å². The van der Waals surface area contributed by atoms with Crippen molar-refractivity contribution in [2.75, 3.05) is 13.6 Å². The molecule has 0 aliphatic carbocycles. The van der Waals surface area contributed by atoms with Crippen LogP contribution < -0.4 is 5.73 Å². The van der Waals surface area contributed by atoms with Gasteiger partial charge in [0.2, 0.25) is 0 Å². The monoisotopic (exact) mass is 298 g/mol. The van der Waals surface area contributed by atoms with E-state index in [9.17, 15) is 0 Å². The zero-order valence-electron chi connectivity index (χ0n) is 11.2. The second-order valence-electron chi connectivity index (χ2n) is 4.48. The predicted octanol–water partition coefficient (Wildman–Crippen LogP) is 2.75. The molecule has 0 fully saturated rings. The molecule has 0 saturated carbocycles. The second-order valence-corrected chi connectivity index (χ2v) is 6.28. The molecular formula is C13H19ClN4S. The molecule has 2 aromatic rings. The summed E-state index contributed by atoms with van der Waals surface area (Å²) >= 11 is 7.58. The zero-order valence-corrected chi connectivity index (χ0v) is 12.8. The molecule has 0 radical (unpaired) electrons. The Morgan fingerprint density at radius 3 is 2.89 bits per heavy atom. The van der Waals surface area contributed by atoms with Gasteiger partial charge in [-0.1, -0.05) is 11.6 Å². The van der Waals surface area contributed by atoms with Crippen molar-refractivity contribution in [3.63, 3.8) is 0 Å². The Balaban J connectivity index is 2.13. The van der Waals surface area contributed by atoms with Gasteiger partial charge in [0, 0.05) is 30.7 Å². The van der Waals surface area contributed by atoms with Crippen LogP contribution in [0.25, 0.3) is 0 Å². The summed E-state index contributed by atoms with van der Waals surface area (Å²) < 4.78 is 2.96. The molecule has 104 valence electrons. The smallest absolute Gasteiger partial charge is 0.0948 e. The van der Waals surface area contributed by atoms with Crippen LogP contribution in [-0.2, 0) is 13.1 Å². The summed E-state index contributed by atoms with van der Waals surface area (Å²) in [5.74, 6) is 0. The van der Waals surface area contributed by atoms with E-state index in [1.54, 1.807) is 11.3 Å². The van der Waals surface area contributed by atoms with Crippen molar-refractivity contribution in [2.24, 2.45) is 5.73 Å². The zero-order chi connectivity index (χ0) is 13.8. The Morgan fingerprint density at radius 1 is 1.53 bits per heavy atom. The van der Waals surface area contributed by atoms with E-state index in [1.165, 1.54) is 4.88 Å². The molecule has 2 N–H and O–H groups in total. The highest BCUT2D eigenvalue weighted by atomic mass is 35.5.